The molecule has 0 aliphatic carbocycles. The van der Waals surface area contributed by atoms with E-state index in [9.17, 15) is 0 Å². The summed E-state index contributed by atoms with van der Waals surface area (Å²) in [7, 11) is 3.47. The van der Waals surface area contributed by atoms with E-state index in [1.54, 1.807) is 13.3 Å². The van der Waals surface area contributed by atoms with Gasteiger partial charge in [0.15, 0.2) is 0 Å². The number of nitrogens with zero attached hydrogens (tertiary/aromatic N) is 3. The van der Waals surface area contributed by atoms with Gasteiger partial charge in [0.05, 0.1) is 7.11 Å². The Morgan fingerprint density at radius 3 is 2.61 bits per heavy atom. The molecule has 2 rings (SSSR count). The summed E-state index contributed by atoms with van der Waals surface area (Å²) in [6.45, 7) is 3.83. The van der Waals surface area contributed by atoms with Gasteiger partial charge in [-0.1, -0.05) is 0 Å². The van der Waals surface area contributed by atoms with Crippen LogP contribution in [-0.2, 0) is 0 Å². The summed E-state index contributed by atoms with van der Waals surface area (Å²) < 4.78 is 5.32. The topological polar surface area (TPSA) is 59.9 Å². The van der Waals surface area contributed by atoms with E-state index >= 15 is 0 Å². The largest absolute Gasteiger partial charge is 0.494 e. The van der Waals surface area contributed by atoms with Gasteiger partial charge in [-0.25, -0.2) is 9.97 Å². The Morgan fingerprint density at radius 1 is 1.17 bits per heavy atom. The number of anilines is 1. The molecule has 0 saturated carbocycles. The molecule has 5 heteroatoms. The third-order valence-electron chi connectivity index (χ3n) is 2.71. The molecule has 0 radical (unpaired) electrons. The summed E-state index contributed by atoms with van der Waals surface area (Å²) in [6.07, 6.45) is 1.73. The first-order chi connectivity index (χ1) is 8.67. The van der Waals surface area contributed by atoms with Crippen molar-refractivity contribution in [1.29, 1.82) is 0 Å². The van der Waals surface area contributed by atoms with Crippen LogP contribution >= 0.6 is 0 Å². The summed E-state index contributed by atoms with van der Waals surface area (Å²) >= 11 is 0. The van der Waals surface area contributed by atoms with Crippen molar-refractivity contribution in [3.8, 4) is 17.1 Å². The maximum absolute atomic E-state index is 5.32. The fraction of sp³-hybridized carbons (Fsp3) is 0.308. The number of aromatic nitrogens is 3. The average molecular weight is 244 g/mol. The van der Waals surface area contributed by atoms with E-state index in [1.165, 1.54) is 0 Å². The highest BCUT2D eigenvalue weighted by atomic mass is 16.5. The highest BCUT2D eigenvalue weighted by Gasteiger charge is 2.15. The van der Waals surface area contributed by atoms with E-state index < -0.39 is 0 Å². The Labute approximate surface area is 106 Å². The second-order valence-corrected chi connectivity index (χ2v) is 3.90. The SMILES string of the molecule is CNc1nc(C)nc(-c2ncccc2OC)c1C. The number of hydrogen-bond donors (Lipinski definition) is 1. The molecule has 0 spiro atoms. The van der Waals surface area contributed by atoms with Crippen LogP contribution < -0.4 is 10.1 Å². The Balaban J connectivity index is 2.67. The zero-order chi connectivity index (χ0) is 13.1. The predicted molar refractivity (Wildman–Crippen MR) is 70.8 cm³/mol. The van der Waals surface area contributed by atoms with Gasteiger partial charge in [0.1, 0.15) is 28.8 Å². The van der Waals surface area contributed by atoms with Crippen LogP contribution in [0.15, 0.2) is 18.3 Å². The molecule has 18 heavy (non-hydrogen) atoms. The quantitative estimate of drug-likeness (QED) is 0.897. The Morgan fingerprint density at radius 2 is 1.94 bits per heavy atom. The smallest absolute Gasteiger partial charge is 0.146 e. The van der Waals surface area contributed by atoms with E-state index in [1.807, 2.05) is 33.0 Å². The Kier molecular flexibility index (Phi) is 3.41. The van der Waals surface area contributed by atoms with Crippen LogP contribution in [0.25, 0.3) is 11.4 Å². The molecule has 2 heterocycles. The monoisotopic (exact) mass is 244 g/mol. The van der Waals surface area contributed by atoms with Gasteiger partial charge < -0.3 is 10.1 Å². The van der Waals surface area contributed by atoms with Crippen molar-refractivity contribution in [3.63, 3.8) is 0 Å². The lowest BCUT2D eigenvalue weighted by Gasteiger charge is -2.12. The Bertz CT molecular complexity index is 569. The molecular formula is C13H16N4O. The fourth-order valence-corrected chi connectivity index (χ4v) is 1.84. The van der Waals surface area contributed by atoms with Gasteiger partial charge in [0.25, 0.3) is 0 Å². The highest BCUT2D eigenvalue weighted by Crippen LogP contribution is 2.30. The van der Waals surface area contributed by atoms with Crippen molar-refractivity contribution < 1.29 is 4.74 Å². The van der Waals surface area contributed by atoms with Gasteiger partial charge in [-0.15, -0.1) is 0 Å². The molecule has 0 atom stereocenters. The molecular weight excluding hydrogens is 228 g/mol. The van der Waals surface area contributed by atoms with Crippen molar-refractivity contribution in [1.82, 2.24) is 15.0 Å². The van der Waals surface area contributed by atoms with Crippen LogP contribution in [0.1, 0.15) is 11.4 Å². The maximum atomic E-state index is 5.32. The number of pyridine rings is 1. The molecule has 1 N–H and O–H groups in total. The molecule has 0 fully saturated rings. The van der Waals surface area contributed by atoms with Crippen molar-refractivity contribution in [3.05, 3.63) is 29.7 Å². The normalized spacial score (nSPS) is 10.2. The van der Waals surface area contributed by atoms with Crippen LogP contribution in [0.2, 0.25) is 0 Å². The molecule has 5 nitrogen and oxygen atoms in total. The summed E-state index contributed by atoms with van der Waals surface area (Å²) in [5.41, 5.74) is 2.49. The highest BCUT2D eigenvalue weighted by molar-refractivity contribution is 5.69. The number of nitrogens with one attached hydrogen (secondary N) is 1. The summed E-state index contributed by atoms with van der Waals surface area (Å²) in [4.78, 5) is 13.2. The first-order valence-corrected chi connectivity index (χ1v) is 5.69. The molecule has 0 bridgehead atoms. The standard InChI is InChI=1S/C13H16N4O/c1-8-11(16-9(2)17-13(8)14-3)12-10(18-4)6-5-7-15-12/h5-7H,1-4H3,(H,14,16,17). The number of aryl methyl sites for hydroxylation is 1. The van der Waals surface area contributed by atoms with Gasteiger partial charge in [-0.2, -0.15) is 0 Å². The zero-order valence-electron chi connectivity index (χ0n) is 11.0. The molecule has 0 aromatic carbocycles. The Hall–Kier alpha value is -2.17. The number of hydrogen-bond acceptors (Lipinski definition) is 5. The zero-order valence-corrected chi connectivity index (χ0v) is 11.0. The first-order valence-electron chi connectivity index (χ1n) is 5.69. The molecule has 0 aliphatic rings. The third-order valence-corrected chi connectivity index (χ3v) is 2.71. The van der Waals surface area contributed by atoms with Gasteiger partial charge >= 0.3 is 0 Å². The van der Waals surface area contributed by atoms with E-state index in [0.29, 0.717) is 11.6 Å². The van der Waals surface area contributed by atoms with Crippen molar-refractivity contribution >= 4 is 5.82 Å². The van der Waals surface area contributed by atoms with Gasteiger partial charge in [-0.05, 0) is 26.0 Å². The van der Waals surface area contributed by atoms with Crippen LogP contribution in [0, 0.1) is 13.8 Å². The van der Waals surface area contributed by atoms with Crippen LogP contribution in [0.3, 0.4) is 0 Å². The molecule has 0 unspecified atom stereocenters. The molecule has 0 aliphatic heterocycles. The van der Waals surface area contributed by atoms with Crippen LogP contribution in [0.5, 0.6) is 5.75 Å². The minimum atomic E-state index is 0.702. The summed E-state index contributed by atoms with van der Waals surface area (Å²) in [6, 6.07) is 3.71. The minimum absolute atomic E-state index is 0.702. The van der Waals surface area contributed by atoms with Crippen molar-refractivity contribution in [2.45, 2.75) is 13.8 Å². The lowest BCUT2D eigenvalue weighted by molar-refractivity contribution is 0.414. The second kappa shape index (κ2) is 5.00. The van der Waals surface area contributed by atoms with Gasteiger partial charge in [-0.3, -0.25) is 4.98 Å². The molecule has 2 aromatic rings. The lowest BCUT2D eigenvalue weighted by atomic mass is 10.1. The molecule has 2 aromatic heterocycles. The number of ether oxygens (including phenoxy) is 1. The summed E-state index contributed by atoms with van der Waals surface area (Å²) in [5.74, 6) is 2.22. The number of methoxy groups -OCH3 is 1. The first kappa shape index (κ1) is 12.3. The maximum Gasteiger partial charge on any atom is 0.146 e. The third kappa shape index (κ3) is 2.11. The van der Waals surface area contributed by atoms with Crippen LogP contribution in [0.4, 0.5) is 5.82 Å². The molecule has 0 amide bonds. The second-order valence-electron chi connectivity index (χ2n) is 3.90. The van der Waals surface area contributed by atoms with Crippen molar-refractivity contribution in [2.75, 3.05) is 19.5 Å². The number of rotatable bonds is 3. The molecule has 0 saturated heterocycles. The van der Waals surface area contributed by atoms with E-state index in [0.717, 1.165) is 22.8 Å². The van der Waals surface area contributed by atoms with E-state index in [4.69, 9.17) is 4.74 Å². The van der Waals surface area contributed by atoms with Gasteiger partial charge in [0.2, 0.25) is 0 Å². The van der Waals surface area contributed by atoms with Crippen molar-refractivity contribution in [2.24, 2.45) is 0 Å². The van der Waals surface area contributed by atoms with Gasteiger partial charge in [0, 0.05) is 18.8 Å². The minimum Gasteiger partial charge on any atom is -0.494 e. The molecule has 94 valence electrons. The lowest BCUT2D eigenvalue weighted by Crippen LogP contribution is -2.04. The predicted octanol–water partition coefficient (Wildman–Crippen LogP) is 2.21. The van der Waals surface area contributed by atoms with E-state index in [-0.39, 0.29) is 0 Å². The average Bonchev–Trinajstić information content (AvgIpc) is 2.41. The van der Waals surface area contributed by atoms with E-state index in [2.05, 4.69) is 20.3 Å². The van der Waals surface area contributed by atoms with Crippen LogP contribution in [-0.4, -0.2) is 29.1 Å². The fourth-order valence-electron chi connectivity index (χ4n) is 1.84. The summed E-state index contributed by atoms with van der Waals surface area (Å²) in [5, 5.41) is 3.06.